The minimum atomic E-state index is -0.297. The molecular formula is C20H18N2O3. The number of benzene rings is 2. The fourth-order valence-electron chi connectivity index (χ4n) is 2.19. The van der Waals surface area contributed by atoms with Crippen LogP contribution in [0.4, 0.5) is 0 Å². The summed E-state index contributed by atoms with van der Waals surface area (Å²) in [6.45, 7) is 2.33. The molecule has 0 unspecified atom stereocenters. The Balaban J connectivity index is 1.52. The SMILES string of the molecule is Cc1ccc(/C=N\NC(=O)c2ccc(OCc3ccccc3)cc2)o1. The molecule has 0 fully saturated rings. The van der Waals surface area contributed by atoms with Crippen molar-refractivity contribution in [2.24, 2.45) is 5.10 Å². The van der Waals surface area contributed by atoms with Crippen LogP contribution < -0.4 is 10.2 Å². The molecule has 5 nitrogen and oxygen atoms in total. The minimum Gasteiger partial charge on any atom is -0.489 e. The second-order valence-electron chi connectivity index (χ2n) is 5.45. The number of nitrogens with zero attached hydrogens (tertiary/aromatic N) is 1. The van der Waals surface area contributed by atoms with E-state index in [1.807, 2.05) is 43.3 Å². The Morgan fingerprint density at radius 2 is 1.84 bits per heavy atom. The van der Waals surface area contributed by atoms with Crippen LogP contribution in [0.25, 0.3) is 0 Å². The van der Waals surface area contributed by atoms with Crippen LogP contribution in [-0.4, -0.2) is 12.1 Å². The van der Waals surface area contributed by atoms with E-state index in [0.29, 0.717) is 23.7 Å². The third-order valence-electron chi connectivity index (χ3n) is 3.48. The van der Waals surface area contributed by atoms with Gasteiger partial charge < -0.3 is 9.15 Å². The Hall–Kier alpha value is -3.34. The molecule has 1 heterocycles. The number of ether oxygens (including phenoxy) is 1. The molecule has 1 aromatic heterocycles. The highest BCUT2D eigenvalue weighted by molar-refractivity contribution is 5.94. The molecule has 0 aliphatic carbocycles. The summed E-state index contributed by atoms with van der Waals surface area (Å²) in [7, 11) is 0. The standard InChI is InChI=1S/C20H18N2O3/c1-15-7-10-19(25-15)13-21-22-20(23)17-8-11-18(12-9-17)24-14-16-5-3-2-4-6-16/h2-13H,14H2,1H3,(H,22,23)/b21-13-. The molecule has 0 radical (unpaired) electrons. The number of aryl methyl sites for hydroxylation is 1. The van der Waals surface area contributed by atoms with Gasteiger partial charge in [-0.2, -0.15) is 5.10 Å². The lowest BCUT2D eigenvalue weighted by Crippen LogP contribution is -2.17. The molecule has 0 atom stereocenters. The van der Waals surface area contributed by atoms with E-state index in [2.05, 4.69) is 10.5 Å². The zero-order valence-electron chi connectivity index (χ0n) is 13.8. The number of hydrogen-bond donors (Lipinski definition) is 1. The van der Waals surface area contributed by atoms with Crippen molar-refractivity contribution in [3.05, 3.63) is 89.4 Å². The lowest BCUT2D eigenvalue weighted by molar-refractivity contribution is 0.0955. The number of hydrazone groups is 1. The number of rotatable bonds is 6. The van der Waals surface area contributed by atoms with Crippen LogP contribution in [0.2, 0.25) is 0 Å². The normalized spacial score (nSPS) is 10.8. The molecule has 1 N–H and O–H groups in total. The molecule has 0 aliphatic rings. The summed E-state index contributed by atoms with van der Waals surface area (Å²) in [6, 6.07) is 20.4. The fraction of sp³-hybridized carbons (Fsp3) is 0.100. The molecule has 3 aromatic rings. The van der Waals surface area contributed by atoms with Crippen LogP contribution in [0.15, 0.2) is 76.2 Å². The predicted octanol–water partition coefficient (Wildman–Crippen LogP) is 3.93. The predicted molar refractivity (Wildman–Crippen MR) is 95.7 cm³/mol. The minimum absolute atomic E-state index is 0.297. The molecule has 25 heavy (non-hydrogen) atoms. The average Bonchev–Trinajstić information content (AvgIpc) is 3.06. The van der Waals surface area contributed by atoms with Crippen LogP contribution in [0.1, 0.15) is 27.4 Å². The maximum absolute atomic E-state index is 12.0. The van der Waals surface area contributed by atoms with Crippen LogP contribution in [0.5, 0.6) is 5.75 Å². The molecule has 126 valence electrons. The summed E-state index contributed by atoms with van der Waals surface area (Å²) < 4.78 is 11.0. The average molecular weight is 334 g/mol. The lowest BCUT2D eigenvalue weighted by atomic mass is 10.2. The summed E-state index contributed by atoms with van der Waals surface area (Å²) in [5.74, 6) is 1.78. The first-order valence-corrected chi connectivity index (χ1v) is 7.87. The number of furan rings is 1. The first kappa shape index (κ1) is 16.5. The summed E-state index contributed by atoms with van der Waals surface area (Å²) >= 11 is 0. The van der Waals surface area contributed by atoms with Crippen molar-refractivity contribution in [3.63, 3.8) is 0 Å². The lowest BCUT2D eigenvalue weighted by Gasteiger charge is -2.07. The second-order valence-corrected chi connectivity index (χ2v) is 5.45. The van der Waals surface area contributed by atoms with Gasteiger partial charge in [-0.1, -0.05) is 30.3 Å². The van der Waals surface area contributed by atoms with E-state index in [4.69, 9.17) is 9.15 Å². The topological polar surface area (TPSA) is 63.8 Å². The van der Waals surface area contributed by atoms with E-state index in [0.717, 1.165) is 11.3 Å². The zero-order valence-corrected chi connectivity index (χ0v) is 13.8. The van der Waals surface area contributed by atoms with Gasteiger partial charge in [0.2, 0.25) is 0 Å². The Kier molecular flexibility index (Phi) is 5.26. The molecule has 0 spiro atoms. The van der Waals surface area contributed by atoms with Gasteiger partial charge in [-0.25, -0.2) is 5.43 Å². The highest BCUT2D eigenvalue weighted by Crippen LogP contribution is 2.14. The van der Waals surface area contributed by atoms with Crippen LogP contribution in [0.3, 0.4) is 0 Å². The molecule has 5 heteroatoms. The summed E-state index contributed by atoms with van der Waals surface area (Å²) in [6.07, 6.45) is 1.46. The summed E-state index contributed by atoms with van der Waals surface area (Å²) in [5, 5.41) is 3.88. The van der Waals surface area contributed by atoms with Crippen molar-refractivity contribution >= 4 is 12.1 Å². The van der Waals surface area contributed by atoms with E-state index in [1.165, 1.54) is 6.21 Å². The van der Waals surface area contributed by atoms with Gasteiger partial charge in [0, 0.05) is 5.56 Å². The molecule has 0 aliphatic heterocycles. The third kappa shape index (κ3) is 4.81. The smallest absolute Gasteiger partial charge is 0.271 e. The Morgan fingerprint density at radius 3 is 2.52 bits per heavy atom. The van der Waals surface area contributed by atoms with E-state index in [1.54, 1.807) is 30.3 Å². The van der Waals surface area contributed by atoms with Gasteiger partial charge in [0.1, 0.15) is 23.9 Å². The molecular weight excluding hydrogens is 316 g/mol. The van der Waals surface area contributed by atoms with Gasteiger partial charge in [-0.15, -0.1) is 0 Å². The molecule has 1 amide bonds. The van der Waals surface area contributed by atoms with Crippen molar-refractivity contribution in [2.75, 3.05) is 0 Å². The van der Waals surface area contributed by atoms with Crippen LogP contribution >= 0.6 is 0 Å². The van der Waals surface area contributed by atoms with Crippen LogP contribution in [0, 0.1) is 6.92 Å². The monoisotopic (exact) mass is 334 g/mol. The summed E-state index contributed by atoms with van der Waals surface area (Å²) in [5.41, 5.74) is 4.05. The number of hydrogen-bond acceptors (Lipinski definition) is 4. The van der Waals surface area contributed by atoms with Gasteiger partial charge in [-0.05, 0) is 48.9 Å². The maximum Gasteiger partial charge on any atom is 0.271 e. The first-order chi connectivity index (χ1) is 12.2. The van der Waals surface area contributed by atoms with Gasteiger partial charge in [0.15, 0.2) is 0 Å². The fourth-order valence-corrected chi connectivity index (χ4v) is 2.19. The summed E-state index contributed by atoms with van der Waals surface area (Å²) in [4.78, 5) is 12.0. The molecule has 0 bridgehead atoms. The Labute approximate surface area is 145 Å². The Morgan fingerprint density at radius 1 is 1.08 bits per heavy atom. The van der Waals surface area contributed by atoms with Gasteiger partial charge in [0.05, 0.1) is 6.21 Å². The van der Waals surface area contributed by atoms with E-state index in [9.17, 15) is 4.79 Å². The van der Waals surface area contributed by atoms with Crippen molar-refractivity contribution in [1.29, 1.82) is 0 Å². The zero-order chi connectivity index (χ0) is 17.5. The van der Waals surface area contributed by atoms with Gasteiger partial charge >= 0.3 is 0 Å². The van der Waals surface area contributed by atoms with E-state index >= 15 is 0 Å². The number of amides is 1. The van der Waals surface area contributed by atoms with Crippen molar-refractivity contribution < 1.29 is 13.9 Å². The molecule has 2 aromatic carbocycles. The quantitative estimate of drug-likeness (QED) is 0.549. The third-order valence-corrected chi connectivity index (χ3v) is 3.48. The molecule has 0 saturated carbocycles. The second kappa shape index (κ2) is 7.97. The highest BCUT2D eigenvalue weighted by Gasteiger charge is 2.05. The Bertz CT molecular complexity index is 852. The van der Waals surface area contributed by atoms with E-state index in [-0.39, 0.29) is 5.91 Å². The van der Waals surface area contributed by atoms with Gasteiger partial charge in [0.25, 0.3) is 5.91 Å². The number of carbonyl (C=O) groups is 1. The number of nitrogens with one attached hydrogen (secondary N) is 1. The maximum atomic E-state index is 12.0. The highest BCUT2D eigenvalue weighted by atomic mass is 16.5. The largest absolute Gasteiger partial charge is 0.489 e. The first-order valence-electron chi connectivity index (χ1n) is 7.87. The van der Waals surface area contributed by atoms with E-state index < -0.39 is 0 Å². The van der Waals surface area contributed by atoms with Crippen molar-refractivity contribution in [1.82, 2.24) is 5.43 Å². The molecule has 3 rings (SSSR count). The number of carbonyl (C=O) groups excluding carboxylic acids is 1. The van der Waals surface area contributed by atoms with Crippen LogP contribution in [-0.2, 0) is 6.61 Å². The van der Waals surface area contributed by atoms with Crippen molar-refractivity contribution in [2.45, 2.75) is 13.5 Å². The molecule has 0 saturated heterocycles. The van der Waals surface area contributed by atoms with Crippen molar-refractivity contribution in [3.8, 4) is 5.75 Å². The van der Waals surface area contributed by atoms with Gasteiger partial charge in [-0.3, -0.25) is 4.79 Å².